The molecule has 0 spiro atoms. The van der Waals surface area contributed by atoms with Gasteiger partial charge in [-0.25, -0.2) is 4.98 Å². The van der Waals surface area contributed by atoms with E-state index in [2.05, 4.69) is 267 Å². The maximum Gasteiger partial charge on any atom is 0.220 e. The monoisotopic (exact) mass is 915 g/mol. The molecule has 72 heavy (non-hydrogen) atoms. The van der Waals surface area contributed by atoms with Crippen LogP contribution in [0.1, 0.15) is 0 Å². The summed E-state index contributed by atoms with van der Waals surface area (Å²) < 4.78 is 9.71. The minimum absolute atomic E-state index is 0.860. The van der Waals surface area contributed by atoms with Gasteiger partial charge in [-0.1, -0.05) is 188 Å². The molecule has 0 N–H and O–H groups in total. The van der Waals surface area contributed by atoms with Crippen LogP contribution in [0.5, 0.6) is 0 Å². The largest absolute Gasteiger partial charge is 0.309 e. The van der Waals surface area contributed by atoms with Crippen molar-refractivity contribution in [3.8, 4) is 72.7 Å². The molecule has 15 aromatic rings. The fourth-order valence-corrected chi connectivity index (χ4v) is 12.4. The Bertz CT molecular complexity index is 4650. The summed E-state index contributed by atoms with van der Waals surface area (Å²) in [6.45, 7) is 0. The number of rotatable bonds is 4. The molecule has 0 radical (unpaired) electrons. The van der Waals surface area contributed by atoms with E-state index < -0.39 is 0 Å². The molecule has 0 saturated heterocycles. The smallest absolute Gasteiger partial charge is 0.220 e. The molecule has 0 aliphatic heterocycles. The molecule has 5 heteroatoms. The lowest BCUT2D eigenvalue weighted by Crippen LogP contribution is -2.06. The molecule has 1 aliphatic rings. The molecule has 5 nitrogen and oxygen atoms in total. The topological polar surface area (TPSA) is 32.1 Å². The van der Waals surface area contributed by atoms with Crippen LogP contribution in [0.25, 0.3) is 144 Å². The molecular formula is C67H41N5. The van der Waals surface area contributed by atoms with Crippen molar-refractivity contribution in [2.75, 3.05) is 0 Å². The lowest BCUT2D eigenvalue weighted by molar-refractivity contribution is 1.11. The highest BCUT2D eigenvalue weighted by atomic mass is 15.2. The molecule has 0 atom stereocenters. The summed E-state index contributed by atoms with van der Waals surface area (Å²) in [5.41, 5.74) is 24.0. The van der Waals surface area contributed by atoms with E-state index in [0.717, 1.165) is 67.1 Å². The predicted octanol–water partition coefficient (Wildman–Crippen LogP) is 17.3. The summed E-state index contributed by atoms with van der Waals surface area (Å²) in [5, 5.41) is 4.92. The van der Waals surface area contributed by atoms with Crippen molar-refractivity contribution < 1.29 is 0 Å². The second-order valence-electron chi connectivity index (χ2n) is 19.0. The fraction of sp³-hybridized carbons (Fsp3) is 0. The van der Waals surface area contributed by atoms with Gasteiger partial charge in [0.25, 0.3) is 0 Å². The molecule has 0 unspecified atom stereocenters. The Hall–Kier alpha value is -9.71. The summed E-state index contributed by atoms with van der Waals surface area (Å²) in [6, 6.07) is 91.4. The quantitative estimate of drug-likeness (QED) is 0.173. The second-order valence-corrected chi connectivity index (χ2v) is 19.0. The first-order valence-electron chi connectivity index (χ1n) is 24.7. The van der Waals surface area contributed by atoms with Crippen LogP contribution < -0.4 is 0 Å². The third-order valence-corrected chi connectivity index (χ3v) is 15.4. The van der Waals surface area contributed by atoms with E-state index in [1.54, 1.807) is 0 Å². The minimum Gasteiger partial charge on any atom is -0.309 e. The number of fused-ring (bicyclic) bond motifs is 19. The van der Waals surface area contributed by atoms with Crippen molar-refractivity contribution in [1.29, 1.82) is 0 Å². The Morgan fingerprint density at radius 1 is 0.264 bits per heavy atom. The number of aromatic nitrogens is 5. The van der Waals surface area contributed by atoms with Crippen LogP contribution in [0.3, 0.4) is 0 Å². The third-order valence-electron chi connectivity index (χ3n) is 15.4. The third kappa shape index (κ3) is 5.34. The van der Waals surface area contributed by atoms with Gasteiger partial charge in [0, 0.05) is 43.9 Å². The average Bonchev–Trinajstić information content (AvgIpc) is 4.18. The number of nitrogens with zero attached hydrogens (tertiary/aromatic N) is 5. The first-order chi connectivity index (χ1) is 35.8. The molecule has 11 aromatic carbocycles. The van der Waals surface area contributed by atoms with Gasteiger partial charge in [-0.15, -0.1) is 0 Å². The molecule has 0 bridgehead atoms. The van der Waals surface area contributed by atoms with Crippen LogP contribution in [0.4, 0.5) is 0 Å². The highest BCUT2D eigenvalue weighted by Crippen LogP contribution is 2.53. The summed E-state index contributed by atoms with van der Waals surface area (Å²) >= 11 is 0. The zero-order valence-corrected chi connectivity index (χ0v) is 38.9. The van der Waals surface area contributed by atoms with E-state index in [4.69, 9.17) is 4.98 Å². The number of hydrogen-bond acceptors (Lipinski definition) is 1. The maximum absolute atomic E-state index is 5.49. The number of para-hydroxylation sites is 7. The van der Waals surface area contributed by atoms with Crippen LogP contribution in [0.15, 0.2) is 249 Å². The van der Waals surface area contributed by atoms with Crippen molar-refractivity contribution in [3.63, 3.8) is 0 Å². The maximum atomic E-state index is 5.49. The van der Waals surface area contributed by atoms with Gasteiger partial charge in [0.2, 0.25) is 5.78 Å². The van der Waals surface area contributed by atoms with Crippen molar-refractivity contribution in [3.05, 3.63) is 249 Å². The lowest BCUT2D eigenvalue weighted by atomic mass is 9.79. The van der Waals surface area contributed by atoms with Crippen LogP contribution in [0, 0.1) is 0 Å². The van der Waals surface area contributed by atoms with Gasteiger partial charge in [0.05, 0.1) is 55.5 Å². The zero-order chi connectivity index (χ0) is 47.0. The standard InChI is InChI=1S/C67H41N5/c1-2-20-44-43(19-1)45-21-3-4-23-47(45)54-38-39-55(66(65(54)53-29-6-5-22-46(44)53)70-59-33-15-9-26-50(59)51-27-10-16-34-60(51)70)52-28-11-17-35-61(52)71-63-40-37-42(41-64(63)72-62-36-18-12-30-56(62)68-67(71)72)69-57-31-13-7-24-48(57)49-25-8-14-32-58(49)69/h1-41H. The van der Waals surface area contributed by atoms with Crippen molar-refractivity contribution in [2.24, 2.45) is 0 Å². The van der Waals surface area contributed by atoms with E-state index in [-0.39, 0.29) is 0 Å². The van der Waals surface area contributed by atoms with Crippen LogP contribution in [0.2, 0.25) is 0 Å². The van der Waals surface area contributed by atoms with Crippen LogP contribution in [-0.2, 0) is 0 Å². The Kier molecular flexibility index (Phi) is 8.10. The molecule has 4 heterocycles. The normalized spacial score (nSPS) is 12.2. The zero-order valence-electron chi connectivity index (χ0n) is 38.9. The molecule has 4 aromatic heterocycles. The Morgan fingerprint density at radius 2 is 0.694 bits per heavy atom. The van der Waals surface area contributed by atoms with E-state index in [9.17, 15) is 0 Å². The first kappa shape index (κ1) is 39.2. The van der Waals surface area contributed by atoms with Gasteiger partial charge >= 0.3 is 0 Å². The number of imidazole rings is 2. The highest BCUT2D eigenvalue weighted by Gasteiger charge is 2.30. The molecule has 0 fully saturated rings. The molecule has 16 rings (SSSR count). The van der Waals surface area contributed by atoms with Gasteiger partial charge in [0.15, 0.2) is 0 Å². The first-order valence-corrected chi connectivity index (χ1v) is 24.7. The van der Waals surface area contributed by atoms with E-state index in [1.165, 1.54) is 77.1 Å². The SMILES string of the molecule is c1ccc2c(c1)-c1ccccc1-c1ccc(-c3ccccc3-n3c4ccc(-n5c6ccccc6c6ccccc65)cc4n4c5ccccc5nc34)c(-n3c4ccccc4c4ccccc43)c1-c1ccccc1-2. The Balaban J connectivity index is 1.04. The predicted molar refractivity (Wildman–Crippen MR) is 299 cm³/mol. The van der Waals surface area contributed by atoms with E-state index in [0.29, 0.717) is 0 Å². The lowest BCUT2D eigenvalue weighted by Gasteiger charge is -2.28. The van der Waals surface area contributed by atoms with Crippen molar-refractivity contribution in [1.82, 2.24) is 23.1 Å². The Morgan fingerprint density at radius 3 is 1.28 bits per heavy atom. The number of hydrogen-bond donors (Lipinski definition) is 0. The van der Waals surface area contributed by atoms with E-state index in [1.807, 2.05) is 0 Å². The molecule has 334 valence electrons. The summed E-state index contributed by atoms with van der Waals surface area (Å²) in [6.07, 6.45) is 0. The Labute approximate surface area is 414 Å². The molecular weight excluding hydrogens is 875 g/mol. The molecule has 0 amide bonds. The highest BCUT2D eigenvalue weighted by molar-refractivity contribution is 6.14. The van der Waals surface area contributed by atoms with Gasteiger partial charge in [0.1, 0.15) is 0 Å². The van der Waals surface area contributed by atoms with Gasteiger partial charge in [-0.3, -0.25) is 8.97 Å². The summed E-state index contributed by atoms with van der Waals surface area (Å²) in [4.78, 5) is 5.49. The van der Waals surface area contributed by atoms with Gasteiger partial charge in [-0.05, 0) is 99.6 Å². The van der Waals surface area contributed by atoms with Crippen molar-refractivity contribution in [2.45, 2.75) is 0 Å². The van der Waals surface area contributed by atoms with E-state index >= 15 is 0 Å². The van der Waals surface area contributed by atoms with Crippen molar-refractivity contribution >= 4 is 71.5 Å². The minimum atomic E-state index is 0.860. The molecule has 0 saturated carbocycles. The van der Waals surface area contributed by atoms with Gasteiger partial charge in [-0.2, -0.15) is 0 Å². The fourth-order valence-electron chi connectivity index (χ4n) is 12.4. The van der Waals surface area contributed by atoms with Gasteiger partial charge < -0.3 is 9.13 Å². The average molecular weight is 916 g/mol. The summed E-state index contributed by atoms with van der Waals surface area (Å²) in [7, 11) is 0. The van der Waals surface area contributed by atoms with Crippen LogP contribution >= 0.6 is 0 Å². The van der Waals surface area contributed by atoms with Crippen LogP contribution in [-0.4, -0.2) is 23.1 Å². The second kappa shape index (κ2) is 14.9. The number of benzene rings is 11. The molecule has 1 aliphatic carbocycles. The summed E-state index contributed by atoms with van der Waals surface area (Å²) in [5.74, 6) is 0.860.